The van der Waals surface area contributed by atoms with Crippen LogP contribution in [0.25, 0.3) is 0 Å². The summed E-state index contributed by atoms with van der Waals surface area (Å²) in [7, 11) is 3.93. The van der Waals surface area contributed by atoms with E-state index in [1.807, 2.05) is 26.2 Å². The number of nitrogens with one attached hydrogen (secondary N) is 1. The summed E-state index contributed by atoms with van der Waals surface area (Å²) in [6.07, 6.45) is 0. The number of benzene rings is 1. The summed E-state index contributed by atoms with van der Waals surface area (Å²) >= 11 is 11.9. The number of likely N-dealkylation sites (N-methyl/N-ethyl adjacent to an activating group) is 2. The van der Waals surface area contributed by atoms with Crippen molar-refractivity contribution in [3.05, 3.63) is 28.2 Å². The fourth-order valence-corrected chi connectivity index (χ4v) is 1.74. The van der Waals surface area contributed by atoms with E-state index in [4.69, 9.17) is 23.2 Å². The predicted molar refractivity (Wildman–Crippen MR) is 63.7 cm³/mol. The van der Waals surface area contributed by atoms with Gasteiger partial charge in [-0.05, 0) is 25.2 Å². The first-order valence-corrected chi connectivity index (χ1v) is 5.21. The second-order valence-electron chi connectivity index (χ2n) is 3.12. The highest BCUT2D eigenvalue weighted by Crippen LogP contribution is 2.27. The third-order valence-corrected chi connectivity index (χ3v) is 2.56. The molecule has 2 nitrogen and oxygen atoms in total. The Morgan fingerprint density at radius 1 is 1.36 bits per heavy atom. The molecule has 1 N–H and O–H groups in total. The molecule has 14 heavy (non-hydrogen) atoms. The van der Waals surface area contributed by atoms with E-state index in [9.17, 15) is 0 Å². The minimum Gasteiger partial charge on any atom is -0.372 e. The van der Waals surface area contributed by atoms with Crippen LogP contribution in [0.4, 0.5) is 5.69 Å². The van der Waals surface area contributed by atoms with E-state index in [0.29, 0.717) is 10.0 Å². The van der Waals surface area contributed by atoms with Crippen LogP contribution < -0.4 is 10.2 Å². The number of anilines is 1. The highest BCUT2D eigenvalue weighted by Gasteiger charge is 2.05. The molecule has 0 radical (unpaired) electrons. The maximum Gasteiger partial charge on any atom is 0.0654 e. The lowest BCUT2D eigenvalue weighted by molar-refractivity contribution is 0.768. The van der Waals surface area contributed by atoms with Crippen molar-refractivity contribution in [1.29, 1.82) is 0 Å². The van der Waals surface area contributed by atoms with Crippen molar-refractivity contribution in [2.45, 2.75) is 0 Å². The monoisotopic (exact) mass is 232 g/mol. The van der Waals surface area contributed by atoms with E-state index in [0.717, 1.165) is 18.8 Å². The maximum atomic E-state index is 6.06. The first-order chi connectivity index (χ1) is 6.65. The van der Waals surface area contributed by atoms with Crippen LogP contribution >= 0.6 is 23.2 Å². The summed E-state index contributed by atoms with van der Waals surface area (Å²) in [4.78, 5) is 2.09. The highest BCUT2D eigenvalue weighted by molar-refractivity contribution is 6.36. The van der Waals surface area contributed by atoms with Crippen LogP contribution in [-0.4, -0.2) is 27.2 Å². The molecule has 0 heterocycles. The molecular weight excluding hydrogens is 219 g/mol. The molecule has 0 aliphatic rings. The van der Waals surface area contributed by atoms with Gasteiger partial charge in [0.2, 0.25) is 0 Å². The highest BCUT2D eigenvalue weighted by atomic mass is 35.5. The van der Waals surface area contributed by atoms with E-state index < -0.39 is 0 Å². The van der Waals surface area contributed by atoms with E-state index >= 15 is 0 Å². The van der Waals surface area contributed by atoms with Crippen LogP contribution in [0.5, 0.6) is 0 Å². The number of hydrogen-bond acceptors (Lipinski definition) is 2. The smallest absolute Gasteiger partial charge is 0.0654 e. The van der Waals surface area contributed by atoms with Crippen molar-refractivity contribution in [2.24, 2.45) is 0 Å². The predicted octanol–water partition coefficient (Wildman–Crippen LogP) is 2.65. The minimum atomic E-state index is 0.667. The summed E-state index contributed by atoms with van der Waals surface area (Å²) in [6, 6.07) is 5.54. The Kier molecular flexibility index (Phi) is 4.52. The number of halogens is 2. The van der Waals surface area contributed by atoms with Gasteiger partial charge >= 0.3 is 0 Å². The molecule has 0 fully saturated rings. The SMILES string of the molecule is CNCCN(C)c1ccc(Cl)cc1Cl. The fraction of sp³-hybridized carbons (Fsp3) is 0.400. The molecule has 0 atom stereocenters. The van der Waals surface area contributed by atoms with E-state index in [1.54, 1.807) is 6.07 Å². The average Bonchev–Trinajstić information content (AvgIpc) is 2.14. The van der Waals surface area contributed by atoms with Gasteiger partial charge in [-0.15, -0.1) is 0 Å². The Labute approximate surface area is 94.8 Å². The van der Waals surface area contributed by atoms with Gasteiger partial charge in [0.15, 0.2) is 0 Å². The van der Waals surface area contributed by atoms with Gasteiger partial charge in [-0.25, -0.2) is 0 Å². The lowest BCUT2D eigenvalue weighted by Gasteiger charge is -2.20. The molecule has 0 aromatic heterocycles. The van der Waals surface area contributed by atoms with Gasteiger partial charge in [0, 0.05) is 25.2 Å². The third kappa shape index (κ3) is 3.05. The quantitative estimate of drug-likeness (QED) is 0.859. The topological polar surface area (TPSA) is 15.3 Å². The molecule has 0 saturated heterocycles. The Hall–Kier alpha value is -0.440. The van der Waals surface area contributed by atoms with Crippen LogP contribution in [0, 0.1) is 0 Å². The van der Waals surface area contributed by atoms with Crippen molar-refractivity contribution >= 4 is 28.9 Å². The van der Waals surface area contributed by atoms with Crippen molar-refractivity contribution in [3.8, 4) is 0 Å². The van der Waals surface area contributed by atoms with Gasteiger partial charge in [-0.3, -0.25) is 0 Å². The van der Waals surface area contributed by atoms with Crippen LogP contribution in [0.1, 0.15) is 0 Å². The molecule has 1 aromatic rings. The molecule has 0 amide bonds. The molecular formula is C10H14Cl2N2. The summed E-state index contributed by atoms with van der Waals surface area (Å²) in [5.74, 6) is 0. The summed E-state index contributed by atoms with van der Waals surface area (Å²) < 4.78 is 0. The fourth-order valence-electron chi connectivity index (χ4n) is 1.19. The van der Waals surface area contributed by atoms with Crippen molar-refractivity contribution in [3.63, 3.8) is 0 Å². The number of rotatable bonds is 4. The van der Waals surface area contributed by atoms with E-state index in [2.05, 4.69) is 10.2 Å². The summed E-state index contributed by atoms with van der Waals surface area (Å²) in [6.45, 7) is 1.84. The van der Waals surface area contributed by atoms with Crippen LogP contribution in [-0.2, 0) is 0 Å². The molecule has 1 rings (SSSR count). The Bertz CT molecular complexity index is 302. The standard InChI is InChI=1S/C10H14Cl2N2/c1-13-5-6-14(2)10-4-3-8(11)7-9(10)12/h3-4,7,13H,5-6H2,1-2H3. The minimum absolute atomic E-state index is 0.667. The van der Waals surface area contributed by atoms with Gasteiger partial charge < -0.3 is 10.2 Å². The molecule has 0 unspecified atom stereocenters. The lowest BCUT2D eigenvalue weighted by atomic mass is 10.3. The van der Waals surface area contributed by atoms with Gasteiger partial charge in [0.1, 0.15) is 0 Å². The first kappa shape index (κ1) is 11.6. The van der Waals surface area contributed by atoms with E-state index in [1.165, 1.54) is 0 Å². The zero-order chi connectivity index (χ0) is 10.6. The molecule has 0 aliphatic heterocycles. The third-order valence-electron chi connectivity index (χ3n) is 2.02. The van der Waals surface area contributed by atoms with E-state index in [-0.39, 0.29) is 0 Å². The summed E-state index contributed by atoms with van der Waals surface area (Å²) in [5, 5.41) is 4.45. The van der Waals surface area contributed by atoms with Crippen LogP contribution in [0.15, 0.2) is 18.2 Å². The average molecular weight is 233 g/mol. The lowest BCUT2D eigenvalue weighted by Crippen LogP contribution is -2.27. The second-order valence-corrected chi connectivity index (χ2v) is 3.96. The Balaban J connectivity index is 2.74. The Morgan fingerprint density at radius 2 is 2.07 bits per heavy atom. The normalized spacial score (nSPS) is 10.3. The Morgan fingerprint density at radius 3 is 2.64 bits per heavy atom. The van der Waals surface area contributed by atoms with Crippen LogP contribution in [0.3, 0.4) is 0 Å². The zero-order valence-corrected chi connectivity index (χ0v) is 9.86. The molecule has 78 valence electrons. The van der Waals surface area contributed by atoms with Crippen molar-refractivity contribution < 1.29 is 0 Å². The van der Waals surface area contributed by atoms with Gasteiger partial charge in [0.05, 0.1) is 10.7 Å². The first-order valence-electron chi connectivity index (χ1n) is 4.46. The molecule has 4 heteroatoms. The van der Waals surface area contributed by atoms with Crippen LogP contribution in [0.2, 0.25) is 10.0 Å². The zero-order valence-electron chi connectivity index (χ0n) is 8.35. The summed E-state index contributed by atoms with van der Waals surface area (Å²) in [5.41, 5.74) is 1.01. The van der Waals surface area contributed by atoms with Gasteiger partial charge in [-0.1, -0.05) is 23.2 Å². The molecule has 1 aromatic carbocycles. The molecule has 0 bridgehead atoms. The van der Waals surface area contributed by atoms with Crippen molar-refractivity contribution in [2.75, 3.05) is 32.1 Å². The molecule has 0 saturated carbocycles. The van der Waals surface area contributed by atoms with Gasteiger partial charge in [0.25, 0.3) is 0 Å². The molecule has 0 spiro atoms. The largest absolute Gasteiger partial charge is 0.372 e. The molecule has 0 aliphatic carbocycles. The van der Waals surface area contributed by atoms with Crippen molar-refractivity contribution in [1.82, 2.24) is 5.32 Å². The number of hydrogen-bond donors (Lipinski definition) is 1. The number of nitrogens with zero attached hydrogens (tertiary/aromatic N) is 1. The maximum absolute atomic E-state index is 6.06. The van der Waals surface area contributed by atoms with Gasteiger partial charge in [-0.2, -0.15) is 0 Å². The second kappa shape index (κ2) is 5.44.